The van der Waals surface area contributed by atoms with Crippen LogP contribution in [0.3, 0.4) is 0 Å². The molecule has 0 amide bonds. The molecule has 1 aromatic carbocycles. The number of hydrogen-bond acceptors (Lipinski definition) is 3. The van der Waals surface area contributed by atoms with Crippen molar-refractivity contribution in [1.29, 1.82) is 0 Å². The molecule has 0 fully saturated rings. The van der Waals surface area contributed by atoms with E-state index < -0.39 is 5.97 Å². The molecule has 1 heterocycles. The number of carbonyl (C=O) groups is 1. The molecule has 19 heavy (non-hydrogen) atoms. The fourth-order valence-electron chi connectivity index (χ4n) is 1.93. The molecule has 1 aromatic heterocycles. The van der Waals surface area contributed by atoms with E-state index in [0.717, 1.165) is 23.5 Å². The van der Waals surface area contributed by atoms with Crippen molar-refractivity contribution in [3.8, 4) is 0 Å². The molecule has 0 atom stereocenters. The number of carboxylic acids is 1. The summed E-state index contributed by atoms with van der Waals surface area (Å²) < 4.78 is 0. The first-order valence-corrected chi connectivity index (χ1v) is 6.11. The highest BCUT2D eigenvalue weighted by Gasteiger charge is 2.05. The molecule has 0 spiro atoms. The average Bonchev–Trinajstić information content (AvgIpc) is 2.71. The maximum Gasteiger partial charge on any atom is 0.335 e. The third-order valence-corrected chi connectivity index (χ3v) is 3.11. The highest BCUT2D eigenvalue weighted by atomic mass is 16.4. The lowest BCUT2D eigenvalue weighted by atomic mass is 10.1. The lowest BCUT2D eigenvalue weighted by Gasteiger charge is -2.05. The number of carboxylic acid groups (broad SMARTS) is 1. The van der Waals surface area contributed by atoms with Gasteiger partial charge in [-0.1, -0.05) is 12.1 Å². The SMILES string of the molecule is Cc1n[nH]c(C)c1CNCc1ccc(C(=O)O)cc1. The number of aromatic carboxylic acids is 1. The van der Waals surface area contributed by atoms with Gasteiger partial charge in [0.2, 0.25) is 0 Å². The quantitative estimate of drug-likeness (QED) is 0.767. The molecule has 5 nitrogen and oxygen atoms in total. The third kappa shape index (κ3) is 3.20. The number of hydrogen-bond donors (Lipinski definition) is 3. The van der Waals surface area contributed by atoms with Crippen LogP contribution in [0.25, 0.3) is 0 Å². The molecular weight excluding hydrogens is 242 g/mol. The Morgan fingerprint density at radius 1 is 1.26 bits per heavy atom. The van der Waals surface area contributed by atoms with E-state index in [2.05, 4.69) is 15.5 Å². The van der Waals surface area contributed by atoms with Crippen LogP contribution < -0.4 is 5.32 Å². The molecule has 0 aliphatic heterocycles. The normalized spacial score (nSPS) is 10.6. The molecule has 0 saturated carbocycles. The fourth-order valence-corrected chi connectivity index (χ4v) is 1.93. The zero-order chi connectivity index (χ0) is 13.8. The van der Waals surface area contributed by atoms with Crippen molar-refractivity contribution in [2.24, 2.45) is 0 Å². The Hall–Kier alpha value is -2.14. The van der Waals surface area contributed by atoms with Crippen LogP contribution in [0.2, 0.25) is 0 Å². The van der Waals surface area contributed by atoms with Crippen molar-refractivity contribution in [3.63, 3.8) is 0 Å². The number of nitrogens with zero attached hydrogens (tertiary/aromatic N) is 1. The van der Waals surface area contributed by atoms with Crippen LogP contribution in [0.5, 0.6) is 0 Å². The third-order valence-electron chi connectivity index (χ3n) is 3.11. The van der Waals surface area contributed by atoms with Crippen LogP contribution in [-0.4, -0.2) is 21.3 Å². The molecule has 2 aromatic rings. The van der Waals surface area contributed by atoms with Gasteiger partial charge in [0.05, 0.1) is 11.3 Å². The summed E-state index contributed by atoms with van der Waals surface area (Å²) in [5.74, 6) is -0.899. The largest absolute Gasteiger partial charge is 0.478 e. The van der Waals surface area contributed by atoms with E-state index in [4.69, 9.17) is 5.11 Å². The highest BCUT2D eigenvalue weighted by Crippen LogP contribution is 2.09. The Bertz CT molecular complexity index is 553. The summed E-state index contributed by atoms with van der Waals surface area (Å²) in [5, 5.41) is 19.2. The predicted octanol–water partition coefficient (Wildman–Crippen LogP) is 2.01. The zero-order valence-electron chi connectivity index (χ0n) is 11.0. The first-order valence-electron chi connectivity index (χ1n) is 6.11. The van der Waals surface area contributed by atoms with Crippen molar-refractivity contribution >= 4 is 5.97 Å². The Morgan fingerprint density at radius 3 is 2.47 bits per heavy atom. The molecule has 2 rings (SSSR count). The Morgan fingerprint density at radius 2 is 1.95 bits per heavy atom. The highest BCUT2D eigenvalue weighted by molar-refractivity contribution is 5.87. The maximum atomic E-state index is 10.7. The van der Waals surface area contributed by atoms with Gasteiger partial charge in [0.15, 0.2) is 0 Å². The second kappa shape index (κ2) is 5.67. The van der Waals surface area contributed by atoms with Crippen LogP contribution in [0.4, 0.5) is 0 Å². The van der Waals surface area contributed by atoms with Crippen molar-refractivity contribution < 1.29 is 9.90 Å². The van der Waals surface area contributed by atoms with Crippen LogP contribution in [0.15, 0.2) is 24.3 Å². The molecule has 0 bridgehead atoms. The topological polar surface area (TPSA) is 78.0 Å². The predicted molar refractivity (Wildman–Crippen MR) is 72.0 cm³/mol. The van der Waals surface area contributed by atoms with Crippen LogP contribution in [-0.2, 0) is 13.1 Å². The smallest absolute Gasteiger partial charge is 0.335 e. The van der Waals surface area contributed by atoms with E-state index in [1.165, 1.54) is 5.56 Å². The van der Waals surface area contributed by atoms with Gasteiger partial charge in [-0.15, -0.1) is 0 Å². The summed E-state index contributed by atoms with van der Waals surface area (Å²) in [7, 11) is 0. The van der Waals surface area contributed by atoms with E-state index >= 15 is 0 Å². The molecule has 0 unspecified atom stereocenters. The van der Waals surface area contributed by atoms with E-state index in [0.29, 0.717) is 12.1 Å². The van der Waals surface area contributed by atoms with Gasteiger partial charge in [-0.25, -0.2) is 4.79 Å². The molecule has 5 heteroatoms. The van der Waals surface area contributed by atoms with E-state index in [1.54, 1.807) is 12.1 Å². The summed E-state index contributed by atoms with van der Waals surface area (Å²) in [6, 6.07) is 6.89. The molecule has 0 saturated heterocycles. The number of aryl methyl sites for hydroxylation is 2. The lowest BCUT2D eigenvalue weighted by Crippen LogP contribution is -2.13. The average molecular weight is 259 g/mol. The summed E-state index contributed by atoms with van der Waals surface area (Å²) in [5.41, 5.74) is 4.63. The summed E-state index contributed by atoms with van der Waals surface area (Å²) in [6.45, 7) is 5.42. The van der Waals surface area contributed by atoms with E-state index in [9.17, 15) is 4.79 Å². The molecule has 100 valence electrons. The first kappa shape index (κ1) is 13.3. The van der Waals surface area contributed by atoms with Gasteiger partial charge in [0.1, 0.15) is 0 Å². The fraction of sp³-hybridized carbons (Fsp3) is 0.286. The number of aromatic amines is 1. The number of aromatic nitrogens is 2. The van der Waals surface area contributed by atoms with E-state index in [-0.39, 0.29) is 0 Å². The van der Waals surface area contributed by atoms with Crippen molar-refractivity contribution in [2.45, 2.75) is 26.9 Å². The van der Waals surface area contributed by atoms with Crippen LogP contribution in [0, 0.1) is 13.8 Å². The Kier molecular flexibility index (Phi) is 3.97. The zero-order valence-corrected chi connectivity index (χ0v) is 11.0. The Labute approximate surface area is 111 Å². The number of rotatable bonds is 5. The van der Waals surface area contributed by atoms with Gasteiger partial charge in [-0.3, -0.25) is 5.10 Å². The first-order chi connectivity index (χ1) is 9.08. The van der Waals surface area contributed by atoms with Gasteiger partial charge in [0.25, 0.3) is 0 Å². The molecule has 0 aliphatic rings. The van der Waals surface area contributed by atoms with Crippen molar-refractivity contribution in [1.82, 2.24) is 15.5 Å². The monoisotopic (exact) mass is 259 g/mol. The second-order valence-electron chi connectivity index (χ2n) is 4.52. The van der Waals surface area contributed by atoms with Crippen LogP contribution >= 0.6 is 0 Å². The van der Waals surface area contributed by atoms with Crippen molar-refractivity contribution in [3.05, 3.63) is 52.3 Å². The van der Waals surface area contributed by atoms with Gasteiger partial charge in [0, 0.05) is 24.3 Å². The van der Waals surface area contributed by atoms with Gasteiger partial charge < -0.3 is 10.4 Å². The summed E-state index contributed by atoms with van der Waals surface area (Å²) in [6.07, 6.45) is 0. The Balaban J connectivity index is 1.91. The summed E-state index contributed by atoms with van der Waals surface area (Å²) >= 11 is 0. The molecule has 0 radical (unpaired) electrons. The minimum atomic E-state index is -0.899. The number of benzene rings is 1. The van der Waals surface area contributed by atoms with Gasteiger partial charge >= 0.3 is 5.97 Å². The van der Waals surface area contributed by atoms with Crippen LogP contribution in [0.1, 0.15) is 32.9 Å². The minimum Gasteiger partial charge on any atom is -0.478 e. The van der Waals surface area contributed by atoms with E-state index in [1.807, 2.05) is 26.0 Å². The maximum absolute atomic E-state index is 10.7. The van der Waals surface area contributed by atoms with Gasteiger partial charge in [-0.2, -0.15) is 5.10 Å². The molecule has 0 aliphatic carbocycles. The molecule has 3 N–H and O–H groups in total. The second-order valence-corrected chi connectivity index (χ2v) is 4.52. The van der Waals surface area contributed by atoms with Crippen molar-refractivity contribution in [2.75, 3.05) is 0 Å². The number of H-pyrrole nitrogens is 1. The molecular formula is C14H17N3O2. The van der Waals surface area contributed by atoms with Gasteiger partial charge in [-0.05, 0) is 31.5 Å². The lowest BCUT2D eigenvalue weighted by molar-refractivity contribution is 0.0697. The number of nitrogens with one attached hydrogen (secondary N) is 2. The summed E-state index contributed by atoms with van der Waals surface area (Å²) in [4.78, 5) is 10.7. The minimum absolute atomic E-state index is 0.310. The standard InChI is InChI=1S/C14H17N3O2/c1-9-13(10(2)17-16-9)8-15-7-11-3-5-12(6-4-11)14(18)19/h3-6,15H,7-8H2,1-2H3,(H,16,17)(H,18,19).